The van der Waals surface area contributed by atoms with Crippen molar-refractivity contribution in [3.63, 3.8) is 0 Å². The number of nitrogens with zero attached hydrogens (tertiary/aromatic N) is 1. The van der Waals surface area contributed by atoms with E-state index in [2.05, 4.69) is 210 Å². The van der Waals surface area contributed by atoms with E-state index in [4.69, 9.17) is 0 Å². The van der Waals surface area contributed by atoms with Gasteiger partial charge < -0.3 is 4.57 Å². The Morgan fingerprint density at radius 2 is 0.870 bits per heavy atom. The van der Waals surface area contributed by atoms with Crippen LogP contribution in [0.25, 0.3) is 61.9 Å². The molecule has 0 aliphatic heterocycles. The predicted molar refractivity (Wildman–Crippen MR) is 230 cm³/mol. The van der Waals surface area contributed by atoms with Crippen LogP contribution in [0.3, 0.4) is 0 Å². The lowest BCUT2D eigenvalue weighted by atomic mass is 9.70. The Morgan fingerprint density at radius 1 is 0.407 bits per heavy atom. The van der Waals surface area contributed by atoms with Gasteiger partial charge in [-0.25, -0.2) is 0 Å². The first-order valence-corrected chi connectivity index (χ1v) is 19.3. The summed E-state index contributed by atoms with van der Waals surface area (Å²) in [6.07, 6.45) is 4.59. The van der Waals surface area contributed by atoms with Crippen molar-refractivity contribution in [3.8, 4) is 27.9 Å². The number of aromatic nitrogens is 1. The van der Waals surface area contributed by atoms with Gasteiger partial charge in [-0.3, -0.25) is 0 Å². The molecule has 0 saturated carbocycles. The van der Waals surface area contributed by atoms with Crippen LogP contribution in [0.5, 0.6) is 0 Å². The summed E-state index contributed by atoms with van der Waals surface area (Å²) in [7, 11) is 0. The molecular weight excluding hydrogens is 651 g/mol. The molecule has 8 aromatic rings. The van der Waals surface area contributed by atoms with E-state index in [-0.39, 0.29) is 16.2 Å². The zero-order chi connectivity index (χ0) is 37.0. The van der Waals surface area contributed by atoms with E-state index in [1.807, 2.05) is 0 Å². The predicted octanol–water partition coefficient (Wildman–Crippen LogP) is 13.9. The van der Waals surface area contributed by atoms with E-state index in [1.165, 1.54) is 94.3 Å². The molecule has 0 unspecified atom stereocenters. The van der Waals surface area contributed by atoms with Crippen LogP contribution in [0.2, 0.25) is 0 Å². The standard InChI is InChI=1S/C53H45N/c1-51(2,3)36-31-37(52(4,5)6)33-38(32-36)54-49-22-14-10-18-43(49)44-29-34(26-28-50(44)54)23-24-35-25-27-42-41-17-9-13-21-47(41)53(48(42)30-35)45-19-11-7-15-39(45)40-16-8-12-20-46(40)53/h7-33H,1-6H3/b24-23+. The van der Waals surface area contributed by atoms with Crippen LogP contribution in [-0.4, -0.2) is 4.57 Å². The average molecular weight is 696 g/mol. The Balaban J connectivity index is 1.10. The Labute approximate surface area is 319 Å². The SMILES string of the molecule is CC(C)(C)c1cc(-n2c3ccccc3c3cc(/C=C/c4ccc5c(c4)C4(c6ccccc6-c6ccccc64)c4ccccc4-5)ccc32)cc(C(C)(C)C)c1. The molecule has 2 aliphatic carbocycles. The monoisotopic (exact) mass is 695 g/mol. The van der Waals surface area contributed by atoms with Crippen LogP contribution in [-0.2, 0) is 16.2 Å². The van der Waals surface area contributed by atoms with Crippen LogP contribution >= 0.6 is 0 Å². The molecule has 1 nitrogen and oxygen atoms in total. The Kier molecular flexibility index (Phi) is 6.99. The second-order valence-electron chi connectivity index (χ2n) is 17.4. The van der Waals surface area contributed by atoms with Crippen molar-refractivity contribution in [2.24, 2.45) is 0 Å². The van der Waals surface area contributed by atoms with Crippen molar-refractivity contribution < 1.29 is 0 Å². The fraction of sp³-hybridized carbons (Fsp3) is 0.170. The van der Waals surface area contributed by atoms with Gasteiger partial charge in [0.05, 0.1) is 16.4 Å². The number of benzene rings is 7. The molecule has 0 saturated heterocycles. The second kappa shape index (κ2) is 11.5. The molecule has 1 aromatic heterocycles. The molecule has 0 radical (unpaired) electrons. The third-order valence-corrected chi connectivity index (χ3v) is 12.1. The maximum absolute atomic E-state index is 2.47. The van der Waals surface area contributed by atoms with E-state index in [0.29, 0.717) is 0 Å². The molecule has 1 heteroatoms. The first-order chi connectivity index (χ1) is 26.0. The molecule has 0 atom stereocenters. The van der Waals surface area contributed by atoms with Crippen molar-refractivity contribution in [1.29, 1.82) is 0 Å². The van der Waals surface area contributed by atoms with Crippen LogP contribution in [0.1, 0.15) is 86.1 Å². The lowest BCUT2D eigenvalue weighted by Crippen LogP contribution is -2.25. The van der Waals surface area contributed by atoms with Gasteiger partial charge in [0.1, 0.15) is 0 Å². The van der Waals surface area contributed by atoms with Crippen molar-refractivity contribution in [3.05, 3.63) is 196 Å². The van der Waals surface area contributed by atoms with Gasteiger partial charge in [0.15, 0.2) is 0 Å². The summed E-state index contributed by atoms with van der Waals surface area (Å²) in [5, 5.41) is 2.55. The number of fused-ring (bicyclic) bond motifs is 13. The highest BCUT2D eigenvalue weighted by atomic mass is 15.0. The minimum Gasteiger partial charge on any atom is -0.309 e. The van der Waals surface area contributed by atoms with E-state index in [1.54, 1.807) is 0 Å². The van der Waals surface area contributed by atoms with Crippen LogP contribution in [0, 0.1) is 0 Å². The first kappa shape index (κ1) is 32.7. The second-order valence-corrected chi connectivity index (χ2v) is 17.4. The molecular formula is C53H45N. The fourth-order valence-electron chi connectivity index (χ4n) is 9.39. The molecule has 0 fully saturated rings. The van der Waals surface area contributed by atoms with Crippen molar-refractivity contribution in [2.45, 2.75) is 57.8 Å². The van der Waals surface area contributed by atoms with Gasteiger partial charge in [-0.2, -0.15) is 0 Å². The lowest BCUT2D eigenvalue weighted by Gasteiger charge is -2.30. The van der Waals surface area contributed by atoms with Gasteiger partial charge in [0, 0.05) is 16.5 Å². The summed E-state index contributed by atoms with van der Waals surface area (Å²) in [6.45, 7) is 13.9. The zero-order valence-corrected chi connectivity index (χ0v) is 32.0. The van der Waals surface area contributed by atoms with Gasteiger partial charge in [0.2, 0.25) is 0 Å². The normalized spacial score (nSPS) is 14.2. The number of hydrogen-bond acceptors (Lipinski definition) is 0. The quantitative estimate of drug-likeness (QED) is 0.162. The Morgan fingerprint density at radius 3 is 1.44 bits per heavy atom. The highest BCUT2D eigenvalue weighted by Gasteiger charge is 2.51. The summed E-state index contributed by atoms with van der Waals surface area (Å²) >= 11 is 0. The number of para-hydroxylation sites is 1. The minimum atomic E-state index is -0.332. The van der Waals surface area contributed by atoms with Crippen LogP contribution in [0.15, 0.2) is 152 Å². The van der Waals surface area contributed by atoms with Crippen molar-refractivity contribution in [1.82, 2.24) is 4.57 Å². The van der Waals surface area contributed by atoms with E-state index >= 15 is 0 Å². The molecule has 0 bridgehead atoms. The van der Waals surface area contributed by atoms with Gasteiger partial charge in [0.25, 0.3) is 0 Å². The van der Waals surface area contributed by atoms with Gasteiger partial charge in [-0.15, -0.1) is 0 Å². The topological polar surface area (TPSA) is 4.93 Å². The molecule has 10 rings (SSSR count). The lowest BCUT2D eigenvalue weighted by molar-refractivity contribution is 0.568. The highest BCUT2D eigenvalue weighted by Crippen LogP contribution is 2.62. The molecule has 262 valence electrons. The van der Waals surface area contributed by atoms with E-state index < -0.39 is 0 Å². The van der Waals surface area contributed by atoms with Crippen LogP contribution < -0.4 is 0 Å². The molecule has 1 spiro atoms. The van der Waals surface area contributed by atoms with Gasteiger partial charge in [-0.05, 0) is 114 Å². The van der Waals surface area contributed by atoms with Crippen LogP contribution in [0.4, 0.5) is 0 Å². The zero-order valence-electron chi connectivity index (χ0n) is 32.0. The van der Waals surface area contributed by atoms with Gasteiger partial charge in [-0.1, -0.05) is 169 Å². The average Bonchev–Trinajstić information content (AvgIpc) is 3.78. The summed E-state index contributed by atoms with van der Waals surface area (Å²) < 4.78 is 2.47. The largest absolute Gasteiger partial charge is 0.309 e. The third-order valence-electron chi connectivity index (χ3n) is 12.1. The van der Waals surface area contributed by atoms with Crippen molar-refractivity contribution >= 4 is 34.0 Å². The molecule has 1 heterocycles. The van der Waals surface area contributed by atoms with Gasteiger partial charge >= 0.3 is 0 Å². The van der Waals surface area contributed by atoms with E-state index in [0.717, 1.165) is 0 Å². The summed E-state index contributed by atoms with van der Waals surface area (Å²) in [4.78, 5) is 0. The smallest absolute Gasteiger partial charge is 0.0725 e. The molecule has 2 aliphatic rings. The van der Waals surface area contributed by atoms with Crippen molar-refractivity contribution in [2.75, 3.05) is 0 Å². The highest BCUT2D eigenvalue weighted by molar-refractivity contribution is 6.10. The molecule has 7 aromatic carbocycles. The fourth-order valence-corrected chi connectivity index (χ4v) is 9.39. The van der Waals surface area contributed by atoms with E-state index in [9.17, 15) is 0 Å². The Bertz CT molecular complexity index is 2750. The number of rotatable bonds is 3. The summed E-state index contributed by atoms with van der Waals surface area (Å²) in [5.41, 5.74) is 19.4. The molecule has 0 N–H and O–H groups in total. The minimum absolute atomic E-state index is 0.0389. The Hall–Kier alpha value is -5.92. The third kappa shape index (κ3) is 4.70. The number of hydrogen-bond donors (Lipinski definition) is 0. The maximum Gasteiger partial charge on any atom is 0.0725 e. The molecule has 54 heavy (non-hydrogen) atoms. The maximum atomic E-state index is 2.47. The summed E-state index contributed by atoms with van der Waals surface area (Å²) in [6, 6.07) is 57.2. The molecule has 0 amide bonds. The summed E-state index contributed by atoms with van der Waals surface area (Å²) in [5.74, 6) is 0. The first-order valence-electron chi connectivity index (χ1n) is 19.3.